The number of fused-ring (bicyclic) bond motifs is 1. The fourth-order valence-corrected chi connectivity index (χ4v) is 4.29. The lowest BCUT2D eigenvalue weighted by Crippen LogP contribution is -2.39. The maximum absolute atomic E-state index is 12.3. The molecule has 4 heteroatoms. The van der Waals surface area contributed by atoms with Gasteiger partial charge in [-0.05, 0) is 43.7 Å². The van der Waals surface area contributed by atoms with Gasteiger partial charge in [0.15, 0.2) is 0 Å². The second-order valence-corrected chi connectivity index (χ2v) is 7.07. The highest BCUT2D eigenvalue weighted by Crippen LogP contribution is 2.35. The van der Waals surface area contributed by atoms with Gasteiger partial charge in [0, 0.05) is 0 Å². The van der Waals surface area contributed by atoms with E-state index in [2.05, 4.69) is 6.92 Å². The molecule has 1 aliphatic rings. The van der Waals surface area contributed by atoms with Crippen molar-refractivity contribution in [2.45, 2.75) is 51.2 Å². The van der Waals surface area contributed by atoms with Crippen LogP contribution < -0.4 is 5.56 Å². The van der Waals surface area contributed by atoms with Gasteiger partial charge in [0.1, 0.15) is 0 Å². The molecule has 0 saturated heterocycles. The van der Waals surface area contributed by atoms with Gasteiger partial charge in [-0.1, -0.05) is 37.0 Å². The van der Waals surface area contributed by atoms with Gasteiger partial charge >= 0.3 is 0 Å². The predicted octanol–water partition coefficient (Wildman–Crippen LogP) is 3.39. The third-order valence-corrected chi connectivity index (χ3v) is 5.67. The highest BCUT2D eigenvalue weighted by Gasteiger charge is 2.33. The van der Waals surface area contributed by atoms with Crippen molar-refractivity contribution in [2.24, 2.45) is 5.92 Å². The summed E-state index contributed by atoms with van der Waals surface area (Å²) in [6.07, 6.45) is 4.97. The third-order valence-electron chi connectivity index (χ3n) is 4.60. The van der Waals surface area contributed by atoms with E-state index in [1.54, 1.807) is 3.96 Å². The zero-order valence-electron chi connectivity index (χ0n) is 11.8. The molecule has 0 bridgehead atoms. The zero-order valence-corrected chi connectivity index (χ0v) is 12.7. The number of benzene rings is 1. The van der Waals surface area contributed by atoms with Crippen LogP contribution in [0, 0.1) is 5.92 Å². The Hall–Kier alpha value is -1.13. The third kappa shape index (κ3) is 2.54. The van der Waals surface area contributed by atoms with Crippen LogP contribution in [0.4, 0.5) is 0 Å². The van der Waals surface area contributed by atoms with Gasteiger partial charge in [-0.3, -0.25) is 8.75 Å². The second kappa shape index (κ2) is 5.34. The van der Waals surface area contributed by atoms with E-state index < -0.39 is 5.60 Å². The average Bonchev–Trinajstić information content (AvgIpc) is 2.76. The van der Waals surface area contributed by atoms with E-state index in [0.717, 1.165) is 41.7 Å². The first-order valence-corrected chi connectivity index (χ1v) is 8.20. The largest absolute Gasteiger partial charge is 0.388 e. The molecule has 0 amide bonds. The standard InChI is InChI=1S/C16H21NO2S/c1-2-12-7-9-16(19,10-8-12)11-17-15(18)13-5-3-4-6-14(13)20-17/h3-6,12,19H,2,7-11H2,1H3. The zero-order chi connectivity index (χ0) is 14.2. The Bertz CT molecular complexity index is 650. The second-order valence-electron chi connectivity index (χ2n) is 6.01. The maximum atomic E-state index is 12.3. The first kappa shape index (κ1) is 13.8. The summed E-state index contributed by atoms with van der Waals surface area (Å²) in [5.41, 5.74) is -0.659. The smallest absolute Gasteiger partial charge is 0.268 e. The Labute approximate surface area is 123 Å². The SMILES string of the molecule is CCC1CCC(O)(Cn2sc3ccccc3c2=O)CC1. The number of aliphatic hydroxyl groups is 1. The predicted molar refractivity (Wildman–Crippen MR) is 83.3 cm³/mol. The first-order chi connectivity index (χ1) is 9.61. The molecule has 0 aliphatic heterocycles. The van der Waals surface area contributed by atoms with Crippen LogP contribution >= 0.6 is 11.5 Å². The minimum Gasteiger partial charge on any atom is -0.388 e. The van der Waals surface area contributed by atoms with Crippen molar-refractivity contribution in [3.63, 3.8) is 0 Å². The van der Waals surface area contributed by atoms with Gasteiger partial charge < -0.3 is 5.11 Å². The van der Waals surface area contributed by atoms with Gasteiger partial charge in [0.2, 0.25) is 0 Å². The molecule has 1 aliphatic carbocycles. The summed E-state index contributed by atoms with van der Waals surface area (Å²) in [5.74, 6) is 0.745. The summed E-state index contributed by atoms with van der Waals surface area (Å²) in [6, 6.07) is 7.67. The number of rotatable bonds is 3. The molecule has 108 valence electrons. The number of hydrogen-bond acceptors (Lipinski definition) is 3. The molecule has 1 fully saturated rings. The van der Waals surface area contributed by atoms with Crippen molar-refractivity contribution < 1.29 is 5.11 Å². The number of nitrogens with zero attached hydrogens (tertiary/aromatic N) is 1. The van der Waals surface area contributed by atoms with E-state index in [1.807, 2.05) is 24.3 Å². The van der Waals surface area contributed by atoms with Crippen molar-refractivity contribution in [1.29, 1.82) is 0 Å². The maximum Gasteiger partial charge on any atom is 0.268 e. The molecular formula is C16H21NO2S. The van der Waals surface area contributed by atoms with Crippen molar-refractivity contribution in [2.75, 3.05) is 0 Å². The summed E-state index contributed by atoms with van der Waals surface area (Å²) in [5, 5.41) is 11.5. The van der Waals surface area contributed by atoms with Crippen LogP contribution in [-0.2, 0) is 6.54 Å². The minimum absolute atomic E-state index is 0.0386. The van der Waals surface area contributed by atoms with E-state index in [0.29, 0.717) is 6.54 Å². The normalized spacial score (nSPS) is 27.0. The van der Waals surface area contributed by atoms with Crippen molar-refractivity contribution in [3.05, 3.63) is 34.6 Å². The van der Waals surface area contributed by atoms with E-state index in [-0.39, 0.29) is 5.56 Å². The van der Waals surface area contributed by atoms with Crippen LogP contribution in [0.25, 0.3) is 10.1 Å². The molecular weight excluding hydrogens is 270 g/mol. The average molecular weight is 291 g/mol. The summed E-state index contributed by atoms with van der Waals surface area (Å²) in [7, 11) is 0. The van der Waals surface area contributed by atoms with Crippen molar-refractivity contribution in [1.82, 2.24) is 3.96 Å². The first-order valence-electron chi connectivity index (χ1n) is 7.42. The summed E-state index contributed by atoms with van der Waals surface area (Å²) < 4.78 is 2.74. The highest BCUT2D eigenvalue weighted by molar-refractivity contribution is 7.13. The molecule has 1 heterocycles. The summed E-state index contributed by atoms with van der Waals surface area (Å²) in [6.45, 7) is 2.66. The lowest BCUT2D eigenvalue weighted by molar-refractivity contribution is -0.0223. The van der Waals surface area contributed by atoms with Crippen LogP contribution in [0.5, 0.6) is 0 Å². The quantitative estimate of drug-likeness (QED) is 0.942. The summed E-state index contributed by atoms with van der Waals surface area (Å²) >= 11 is 1.47. The Morgan fingerprint density at radius 3 is 2.70 bits per heavy atom. The molecule has 20 heavy (non-hydrogen) atoms. The van der Waals surface area contributed by atoms with Crippen LogP contribution in [0.3, 0.4) is 0 Å². The molecule has 3 rings (SSSR count). The minimum atomic E-state index is -0.698. The molecule has 0 radical (unpaired) electrons. The van der Waals surface area contributed by atoms with E-state index in [1.165, 1.54) is 18.0 Å². The fraction of sp³-hybridized carbons (Fsp3) is 0.562. The Morgan fingerprint density at radius 2 is 2.05 bits per heavy atom. The van der Waals surface area contributed by atoms with Gasteiger partial charge in [-0.2, -0.15) is 0 Å². The van der Waals surface area contributed by atoms with Crippen LogP contribution in [0.2, 0.25) is 0 Å². The number of aromatic nitrogens is 1. The molecule has 0 unspecified atom stereocenters. The summed E-state index contributed by atoms with van der Waals surface area (Å²) in [4.78, 5) is 12.3. The van der Waals surface area contributed by atoms with Crippen LogP contribution in [-0.4, -0.2) is 14.7 Å². The van der Waals surface area contributed by atoms with E-state index >= 15 is 0 Å². The van der Waals surface area contributed by atoms with Gasteiger partial charge in [-0.15, -0.1) is 0 Å². The van der Waals surface area contributed by atoms with Crippen LogP contribution in [0.15, 0.2) is 29.1 Å². The molecule has 1 aromatic carbocycles. The topological polar surface area (TPSA) is 42.2 Å². The molecule has 1 N–H and O–H groups in total. The lowest BCUT2D eigenvalue weighted by Gasteiger charge is -2.35. The molecule has 0 atom stereocenters. The molecule has 1 aromatic heterocycles. The Balaban J connectivity index is 1.83. The lowest BCUT2D eigenvalue weighted by atomic mass is 9.78. The Morgan fingerprint density at radius 1 is 1.35 bits per heavy atom. The molecule has 0 spiro atoms. The monoisotopic (exact) mass is 291 g/mol. The Kier molecular flexibility index (Phi) is 3.69. The molecule has 2 aromatic rings. The molecule has 3 nitrogen and oxygen atoms in total. The molecule has 1 saturated carbocycles. The fourth-order valence-electron chi connectivity index (χ4n) is 3.17. The van der Waals surface area contributed by atoms with Gasteiger partial charge in [0.25, 0.3) is 5.56 Å². The van der Waals surface area contributed by atoms with Crippen molar-refractivity contribution >= 4 is 21.6 Å². The van der Waals surface area contributed by atoms with Gasteiger partial charge in [0.05, 0.1) is 22.2 Å². The van der Waals surface area contributed by atoms with E-state index in [9.17, 15) is 9.90 Å². The number of hydrogen-bond donors (Lipinski definition) is 1. The highest BCUT2D eigenvalue weighted by atomic mass is 32.1. The van der Waals surface area contributed by atoms with E-state index in [4.69, 9.17) is 0 Å². The van der Waals surface area contributed by atoms with Gasteiger partial charge in [-0.25, -0.2) is 0 Å². The van der Waals surface area contributed by atoms with Crippen LogP contribution in [0.1, 0.15) is 39.0 Å². The van der Waals surface area contributed by atoms with Crippen molar-refractivity contribution in [3.8, 4) is 0 Å².